The van der Waals surface area contributed by atoms with Gasteiger partial charge in [-0.15, -0.1) is 0 Å². The number of hydrogen-bond donors (Lipinski definition) is 4. The third kappa shape index (κ3) is 23.7. The molecule has 0 aliphatic carbocycles. The van der Waals surface area contributed by atoms with Gasteiger partial charge in [0, 0.05) is 52.1 Å². The summed E-state index contributed by atoms with van der Waals surface area (Å²) in [6.45, 7) is 7.81. The number of nitrogens with one attached hydrogen (secondary N) is 2. The average molecular weight is 1340 g/mol. The maximum atomic E-state index is 13.7. The first-order valence-corrected chi connectivity index (χ1v) is 33.5. The molecule has 9 rings (SSSR count). The normalized spacial score (nSPS) is 19.4. The minimum absolute atomic E-state index is 0.0164. The number of alkyl carbamates (subject to hydrolysis) is 2. The zero-order valence-corrected chi connectivity index (χ0v) is 54.4. The standard InChI is InChI=1S/C27H36N2O9S.C27H38N2O8S.C9H11NO6/c1-34-21-7-9-24(10-8-21)39(32,33)29(38-22-11-14-35-15-12-22)18-26(30)25(17-20-5-3-2-4-6-20)28-27(31)37-23-13-16-36-19-23;1-27(2,3)36-26(31)28-24(18-20-8-6-5-7-9-20)25(30)19-29(37-22-14-16-35-17-15-22)38(32,33)23-12-10-21(34-4)11-13-23;11-7-1-2-8(12)10(7)16-9(13)15-6-3-4-14-5-6/h2-10,22-23,25-26,30H,11-19H2,1H3,(H,28,31);5-13,22,24-25,30H,14-19H2,1-4H3,(H,28,31);6H,1-5H2/t23?,25-,26+;24-,25+;6-/m000/s1. The van der Waals surface area contributed by atoms with Crippen molar-refractivity contribution in [3.8, 4) is 11.5 Å². The molecule has 4 aromatic rings. The Hall–Kier alpha value is -7.07. The fraction of sp³-hybridized carbons (Fsp3) is 0.540. The molecule has 0 bridgehead atoms. The third-order valence-electron chi connectivity index (χ3n) is 14.8. The number of hydroxylamine groups is 4. The van der Waals surface area contributed by atoms with Crippen LogP contribution in [0.2, 0.25) is 0 Å². The molecule has 28 nitrogen and oxygen atoms in total. The van der Waals surface area contributed by atoms with Crippen LogP contribution in [0.3, 0.4) is 0 Å². The van der Waals surface area contributed by atoms with E-state index in [0.717, 1.165) is 20.1 Å². The molecule has 4 N–H and O–H groups in total. The summed E-state index contributed by atoms with van der Waals surface area (Å²) >= 11 is 0. The Morgan fingerprint density at radius 1 is 0.548 bits per heavy atom. The van der Waals surface area contributed by atoms with Crippen molar-refractivity contribution >= 4 is 50.2 Å². The Balaban J connectivity index is 0.000000214. The summed E-state index contributed by atoms with van der Waals surface area (Å²) in [6, 6.07) is 28.7. The molecule has 4 amide bonds. The van der Waals surface area contributed by atoms with Gasteiger partial charge in [0.1, 0.15) is 29.3 Å². The van der Waals surface area contributed by atoms with Gasteiger partial charge in [0.05, 0.1) is 100 Å². The highest BCUT2D eigenvalue weighted by Gasteiger charge is 2.38. The van der Waals surface area contributed by atoms with Gasteiger partial charge in [-0.1, -0.05) is 74.7 Å². The number of hydrogen-bond acceptors (Lipinski definition) is 23. The van der Waals surface area contributed by atoms with Crippen molar-refractivity contribution in [2.24, 2.45) is 0 Å². The van der Waals surface area contributed by atoms with E-state index in [1.807, 2.05) is 60.7 Å². The molecule has 5 saturated heterocycles. The molecule has 30 heteroatoms. The van der Waals surface area contributed by atoms with Gasteiger partial charge >= 0.3 is 18.3 Å². The van der Waals surface area contributed by atoms with Crippen LogP contribution in [0, 0.1) is 0 Å². The second-order valence-corrected chi connectivity index (χ2v) is 26.8. The molecule has 5 fully saturated rings. The van der Waals surface area contributed by atoms with Gasteiger partial charge < -0.3 is 63.5 Å². The second kappa shape index (κ2) is 36.0. The first-order valence-electron chi connectivity index (χ1n) is 30.6. The predicted octanol–water partition coefficient (Wildman–Crippen LogP) is 5.57. The molecule has 1 unspecified atom stereocenters. The summed E-state index contributed by atoms with van der Waals surface area (Å²) in [4.78, 5) is 75.1. The van der Waals surface area contributed by atoms with Crippen LogP contribution >= 0.6 is 0 Å². The van der Waals surface area contributed by atoms with E-state index in [0.29, 0.717) is 108 Å². The predicted molar refractivity (Wildman–Crippen MR) is 330 cm³/mol. The van der Waals surface area contributed by atoms with Crippen molar-refractivity contribution in [1.29, 1.82) is 0 Å². The van der Waals surface area contributed by atoms with E-state index in [1.54, 1.807) is 32.9 Å². The van der Waals surface area contributed by atoms with Gasteiger partial charge in [0.25, 0.3) is 31.9 Å². The number of carbonyl (C=O) groups excluding carboxylic acids is 5. The van der Waals surface area contributed by atoms with Crippen molar-refractivity contribution in [2.75, 3.05) is 80.2 Å². The van der Waals surface area contributed by atoms with Gasteiger partial charge in [0.2, 0.25) is 0 Å². The molecule has 4 aromatic carbocycles. The van der Waals surface area contributed by atoms with Crippen LogP contribution in [0.25, 0.3) is 0 Å². The van der Waals surface area contributed by atoms with Crippen molar-refractivity contribution < 1.29 is 108 Å². The topological polar surface area (TPSA) is 339 Å². The highest BCUT2D eigenvalue weighted by Crippen LogP contribution is 2.27. The van der Waals surface area contributed by atoms with Gasteiger partial charge in [0.15, 0.2) is 0 Å². The lowest BCUT2D eigenvalue weighted by atomic mass is 10.0. The smallest absolute Gasteiger partial charge is 0.497 e. The van der Waals surface area contributed by atoms with Gasteiger partial charge in [-0.25, -0.2) is 31.2 Å². The van der Waals surface area contributed by atoms with Crippen molar-refractivity contribution in [3.05, 3.63) is 120 Å². The Labute approximate surface area is 541 Å². The van der Waals surface area contributed by atoms with Crippen LogP contribution in [0.5, 0.6) is 11.5 Å². The minimum Gasteiger partial charge on any atom is -0.497 e. The zero-order valence-electron chi connectivity index (χ0n) is 52.8. The summed E-state index contributed by atoms with van der Waals surface area (Å²) in [5.41, 5.74) is 0.950. The number of aliphatic hydroxyl groups excluding tert-OH is 2. The van der Waals surface area contributed by atoms with E-state index in [2.05, 4.69) is 15.5 Å². The molecule has 5 aliphatic rings. The number of carbonyl (C=O) groups is 5. The number of sulfonamides is 2. The molecule has 93 heavy (non-hydrogen) atoms. The van der Waals surface area contributed by atoms with Crippen molar-refractivity contribution in [2.45, 2.75) is 149 Å². The molecule has 512 valence electrons. The van der Waals surface area contributed by atoms with Crippen LogP contribution in [-0.2, 0) is 90.1 Å². The summed E-state index contributed by atoms with van der Waals surface area (Å²) in [5, 5.41) is 28.6. The van der Waals surface area contributed by atoms with E-state index in [4.69, 9.17) is 52.3 Å². The first kappa shape index (κ1) is 73.3. The van der Waals surface area contributed by atoms with Crippen LogP contribution in [-0.4, -0.2) is 206 Å². The van der Waals surface area contributed by atoms with Crippen LogP contribution < -0.4 is 20.1 Å². The lowest BCUT2D eigenvalue weighted by Crippen LogP contribution is -2.52. The lowest BCUT2D eigenvalue weighted by Gasteiger charge is -2.32. The zero-order chi connectivity index (χ0) is 67.0. The van der Waals surface area contributed by atoms with Gasteiger partial charge in [-0.05, 0) is 119 Å². The van der Waals surface area contributed by atoms with E-state index >= 15 is 0 Å². The van der Waals surface area contributed by atoms with E-state index in [9.17, 15) is 51.0 Å². The quantitative estimate of drug-likeness (QED) is 0.0273. The summed E-state index contributed by atoms with van der Waals surface area (Å²) < 4.78 is 103. The van der Waals surface area contributed by atoms with Crippen LogP contribution in [0.1, 0.15) is 83.3 Å². The molecule has 0 spiro atoms. The molecular weight excluding hydrogens is 1260 g/mol. The molecule has 0 radical (unpaired) electrons. The first-order chi connectivity index (χ1) is 44.5. The average Bonchev–Trinajstić information content (AvgIpc) is 1.62. The SMILES string of the molecule is COc1ccc(S(=O)(=O)N(C[C@@H](O)[C@H](Cc2ccccc2)NC(=O)OC(C)(C)C)OC2CCOCC2)cc1.COc1ccc(S(=O)(=O)N(C[C@@H](O)[C@H](Cc2ccccc2)NC(=O)OC2CCOC2)OC2CCOCC2)cc1.O=C(O[C@H]1CCOC1)ON1C(=O)CCC1=O. The van der Waals surface area contributed by atoms with E-state index in [-0.39, 0.29) is 47.7 Å². The summed E-state index contributed by atoms with van der Waals surface area (Å²) in [6.07, 6.45) is -2.83. The van der Waals surface area contributed by atoms with E-state index < -0.39 is 105 Å². The number of methoxy groups -OCH3 is 2. The number of ether oxygens (including phenoxy) is 9. The molecular formula is C63H85N5O23S2. The Morgan fingerprint density at radius 3 is 1.30 bits per heavy atom. The maximum absolute atomic E-state index is 13.7. The van der Waals surface area contributed by atoms with Crippen LogP contribution in [0.15, 0.2) is 119 Å². The highest BCUT2D eigenvalue weighted by atomic mass is 32.2. The Kier molecular flexibility index (Phi) is 28.4. The van der Waals surface area contributed by atoms with Crippen molar-refractivity contribution in [3.63, 3.8) is 0 Å². The van der Waals surface area contributed by atoms with Crippen LogP contribution in [0.4, 0.5) is 14.4 Å². The summed E-state index contributed by atoms with van der Waals surface area (Å²) in [7, 11) is -5.37. The lowest BCUT2D eigenvalue weighted by molar-refractivity contribution is -0.178. The Morgan fingerprint density at radius 2 is 0.925 bits per heavy atom. The second-order valence-electron chi connectivity index (χ2n) is 23.1. The highest BCUT2D eigenvalue weighted by molar-refractivity contribution is 7.89. The molecule has 5 heterocycles. The summed E-state index contributed by atoms with van der Waals surface area (Å²) in [5.74, 6) is -0.0382. The van der Waals surface area contributed by atoms with Gasteiger partial charge in [-0.3, -0.25) is 24.1 Å². The third-order valence-corrected chi connectivity index (χ3v) is 18.1. The van der Waals surface area contributed by atoms with Crippen molar-refractivity contribution in [1.82, 2.24) is 24.6 Å². The monoisotopic (exact) mass is 1340 g/mol. The number of rotatable bonds is 25. The number of benzene rings is 4. The molecule has 5 aliphatic heterocycles. The molecule has 6 atom stereocenters. The minimum atomic E-state index is -4.18. The maximum Gasteiger partial charge on any atom is 0.534 e. The molecule has 0 aromatic heterocycles. The number of nitrogens with zero attached hydrogens (tertiary/aromatic N) is 3. The van der Waals surface area contributed by atoms with Gasteiger partial charge in [-0.2, -0.15) is 0 Å². The fourth-order valence-corrected chi connectivity index (χ4v) is 12.4. The number of imide groups is 1. The number of aliphatic hydroxyl groups is 2. The number of amides is 4. The molecule has 0 saturated carbocycles. The Bertz CT molecular complexity index is 3180. The van der Waals surface area contributed by atoms with E-state index in [1.165, 1.54) is 50.6 Å². The fourth-order valence-electron chi connectivity index (χ4n) is 9.78. The largest absolute Gasteiger partial charge is 0.534 e.